The molecule has 5 heteroatoms. The first-order valence-electron chi connectivity index (χ1n) is 5.51. The zero-order valence-corrected chi connectivity index (χ0v) is 9.20. The molecule has 88 valence electrons. The Balaban J connectivity index is 2.06. The Morgan fingerprint density at radius 3 is 2.94 bits per heavy atom. The van der Waals surface area contributed by atoms with Gasteiger partial charge in [-0.05, 0) is 12.1 Å². The van der Waals surface area contributed by atoms with E-state index in [4.69, 9.17) is 9.47 Å². The Morgan fingerprint density at radius 2 is 2.12 bits per heavy atom. The van der Waals surface area contributed by atoms with Gasteiger partial charge in [-0.25, -0.2) is 0 Å². The van der Waals surface area contributed by atoms with Crippen molar-refractivity contribution in [1.82, 2.24) is 9.55 Å². The molecule has 1 saturated heterocycles. The smallest absolute Gasteiger partial charge is 0.251 e. The van der Waals surface area contributed by atoms with Crippen LogP contribution in [0.1, 0.15) is 0 Å². The van der Waals surface area contributed by atoms with E-state index in [0.717, 1.165) is 10.9 Å². The van der Waals surface area contributed by atoms with Crippen LogP contribution < -0.4 is 5.56 Å². The summed E-state index contributed by atoms with van der Waals surface area (Å²) in [5.41, 5.74) is 0.740. The third-order valence-electron chi connectivity index (χ3n) is 2.82. The van der Waals surface area contributed by atoms with Gasteiger partial charge in [-0.1, -0.05) is 0 Å². The fourth-order valence-electron chi connectivity index (χ4n) is 1.98. The van der Waals surface area contributed by atoms with Crippen molar-refractivity contribution < 1.29 is 9.47 Å². The maximum absolute atomic E-state index is 11.8. The monoisotopic (exact) mass is 232 g/mol. The Kier molecular flexibility index (Phi) is 2.62. The van der Waals surface area contributed by atoms with Crippen molar-refractivity contribution in [2.45, 2.75) is 12.8 Å². The van der Waals surface area contributed by atoms with Crippen LogP contribution in [0.15, 0.2) is 35.4 Å². The van der Waals surface area contributed by atoms with Crippen molar-refractivity contribution in [2.24, 2.45) is 0 Å². The van der Waals surface area contributed by atoms with E-state index < -0.39 is 0 Å². The first-order valence-corrected chi connectivity index (χ1v) is 5.51. The summed E-state index contributed by atoms with van der Waals surface area (Å²) in [6.07, 6.45) is 3.06. The molecule has 0 unspecified atom stereocenters. The molecule has 1 fully saturated rings. The number of nitrogens with zero attached hydrogens (tertiary/aromatic N) is 2. The van der Waals surface area contributed by atoms with Crippen LogP contribution in [0.3, 0.4) is 0 Å². The van der Waals surface area contributed by atoms with Gasteiger partial charge in [-0.3, -0.25) is 9.78 Å². The highest BCUT2D eigenvalue weighted by Crippen LogP contribution is 2.12. The molecule has 1 aliphatic heterocycles. The summed E-state index contributed by atoms with van der Waals surface area (Å²) in [6, 6.07) is 5.23. The molecule has 3 rings (SSSR count). The van der Waals surface area contributed by atoms with Gasteiger partial charge in [0.05, 0.1) is 31.5 Å². The highest BCUT2D eigenvalue weighted by atomic mass is 16.7. The number of hydrogen-bond acceptors (Lipinski definition) is 4. The SMILES string of the molecule is O=c1ccc2ccncc2n1CC1OCCO1. The van der Waals surface area contributed by atoms with Gasteiger partial charge >= 0.3 is 0 Å². The summed E-state index contributed by atoms with van der Waals surface area (Å²) in [5, 5.41) is 0.984. The molecule has 2 aromatic rings. The molecule has 0 radical (unpaired) electrons. The number of ether oxygens (including phenoxy) is 2. The minimum atomic E-state index is -0.335. The predicted octanol–water partition coefficient (Wildman–Crippen LogP) is 0.769. The summed E-state index contributed by atoms with van der Waals surface area (Å²) in [4.78, 5) is 15.9. The summed E-state index contributed by atoms with van der Waals surface area (Å²) in [6.45, 7) is 1.58. The Morgan fingerprint density at radius 1 is 1.29 bits per heavy atom. The fourth-order valence-corrected chi connectivity index (χ4v) is 1.98. The number of fused-ring (bicyclic) bond motifs is 1. The van der Waals surface area contributed by atoms with Crippen LogP contribution in [0, 0.1) is 0 Å². The van der Waals surface area contributed by atoms with E-state index in [1.54, 1.807) is 29.1 Å². The van der Waals surface area contributed by atoms with E-state index in [2.05, 4.69) is 4.98 Å². The van der Waals surface area contributed by atoms with Crippen molar-refractivity contribution >= 4 is 10.9 Å². The van der Waals surface area contributed by atoms with Gasteiger partial charge in [0.15, 0.2) is 6.29 Å². The number of rotatable bonds is 2. The van der Waals surface area contributed by atoms with Crippen LogP contribution in [0.5, 0.6) is 0 Å². The van der Waals surface area contributed by atoms with Crippen molar-refractivity contribution in [3.8, 4) is 0 Å². The third-order valence-corrected chi connectivity index (χ3v) is 2.82. The number of pyridine rings is 2. The van der Waals surface area contributed by atoms with E-state index in [1.807, 2.05) is 6.07 Å². The van der Waals surface area contributed by atoms with E-state index >= 15 is 0 Å². The molecule has 0 aromatic carbocycles. The number of hydrogen-bond donors (Lipinski definition) is 0. The Labute approximate surface area is 97.6 Å². The minimum absolute atomic E-state index is 0.0652. The second kappa shape index (κ2) is 4.27. The van der Waals surface area contributed by atoms with Gasteiger partial charge in [-0.2, -0.15) is 0 Å². The number of aromatic nitrogens is 2. The van der Waals surface area contributed by atoms with E-state index in [-0.39, 0.29) is 11.8 Å². The van der Waals surface area contributed by atoms with Gasteiger partial charge in [0.25, 0.3) is 5.56 Å². The molecule has 0 atom stereocenters. The van der Waals surface area contributed by atoms with Crippen molar-refractivity contribution in [3.05, 3.63) is 40.9 Å². The van der Waals surface area contributed by atoms with E-state index in [1.165, 1.54) is 0 Å². The Hall–Kier alpha value is -1.72. The lowest BCUT2D eigenvalue weighted by Crippen LogP contribution is -2.26. The summed E-state index contributed by atoms with van der Waals surface area (Å²) >= 11 is 0. The molecular formula is C12H12N2O3. The van der Waals surface area contributed by atoms with Crippen LogP contribution in [0.25, 0.3) is 10.9 Å². The topological polar surface area (TPSA) is 53.4 Å². The summed E-state index contributed by atoms with van der Waals surface area (Å²) < 4.78 is 12.4. The molecule has 2 aromatic heterocycles. The van der Waals surface area contributed by atoms with E-state index in [9.17, 15) is 4.79 Å². The molecule has 0 amide bonds. The first-order chi connectivity index (χ1) is 8.34. The van der Waals surface area contributed by atoms with Crippen LogP contribution in [-0.2, 0) is 16.0 Å². The lowest BCUT2D eigenvalue weighted by atomic mass is 10.2. The fraction of sp³-hybridized carbons (Fsp3) is 0.333. The van der Waals surface area contributed by atoms with Gasteiger partial charge in [0.2, 0.25) is 0 Å². The summed E-state index contributed by atoms with van der Waals surface area (Å²) in [7, 11) is 0. The van der Waals surface area contributed by atoms with Gasteiger partial charge in [0.1, 0.15) is 0 Å². The minimum Gasteiger partial charge on any atom is -0.348 e. The maximum atomic E-state index is 11.8. The van der Waals surface area contributed by atoms with Gasteiger partial charge in [-0.15, -0.1) is 0 Å². The largest absolute Gasteiger partial charge is 0.348 e. The molecule has 0 spiro atoms. The lowest BCUT2D eigenvalue weighted by Gasteiger charge is -2.13. The molecule has 0 bridgehead atoms. The molecule has 3 heterocycles. The second-order valence-electron chi connectivity index (χ2n) is 3.89. The highest BCUT2D eigenvalue weighted by Gasteiger charge is 2.17. The van der Waals surface area contributed by atoms with Crippen LogP contribution >= 0.6 is 0 Å². The van der Waals surface area contributed by atoms with Crippen LogP contribution in [0.2, 0.25) is 0 Å². The second-order valence-corrected chi connectivity index (χ2v) is 3.89. The average molecular weight is 232 g/mol. The van der Waals surface area contributed by atoms with Gasteiger partial charge < -0.3 is 14.0 Å². The molecule has 1 aliphatic rings. The third kappa shape index (κ3) is 1.94. The highest BCUT2D eigenvalue weighted by molar-refractivity contribution is 5.77. The van der Waals surface area contributed by atoms with Crippen LogP contribution in [0.4, 0.5) is 0 Å². The predicted molar refractivity (Wildman–Crippen MR) is 61.7 cm³/mol. The van der Waals surface area contributed by atoms with Crippen molar-refractivity contribution in [1.29, 1.82) is 0 Å². The average Bonchev–Trinajstić information content (AvgIpc) is 2.86. The quantitative estimate of drug-likeness (QED) is 0.767. The molecule has 0 N–H and O–H groups in total. The molecular weight excluding hydrogens is 220 g/mol. The molecule has 0 aliphatic carbocycles. The Bertz CT molecular complexity index is 588. The van der Waals surface area contributed by atoms with Gasteiger partial charge in [0, 0.05) is 17.6 Å². The molecule has 17 heavy (non-hydrogen) atoms. The lowest BCUT2D eigenvalue weighted by molar-refractivity contribution is -0.0522. The standard InChI is InChI=1S/C12H12N2O3/c15-11-2-1-9-3-4-13-7-10(9)14(11)8-12-16-5-6-17-12/h1-4,7,12H,5-6,8H2. The van der Waals surface area contributed by atoms with Crippen LogP contribution in [-0.4, -0.2) is 29.1 Å². The van der Waals surface area contributed by atoms with Crippen molar-refractivity contribution in [3.63, 3.8) is 0 Å². The zero-order valence-electron chi connectivity index (χ0n) is 9.20. The van der Waals surface area contributed by atoms with E-state index in [0.29, 0.717) is 19.8 Å². The van der Waals surface area contributed by atoms with Crippen molar-refractivity contribution in [2.75, 3.05) is 13.2 Å². The maximum Gasteiger partial charge on any atom is 0.251 e. The zero-order chi connectivity index (χ0) is 11.7. The first kappa shape index (κ1) is 10.4. The summed E-state index contributed by atoms with van der Waals surface area (Å²) in [5.74, 6) is 0. The molecule has 0 saturated carbocycles. The molecule has 5 nitrogen and oxygen atoms in total. The normalized spacial score (nSPS) is 16.7.